The van der Waals surface area contributed by atoms with Crippen molar-refractivity contribution in [3.8, 4) is 0 Å². The van der Waals surface area contributed by atoms with Crippen molar-refractivity contribution in [1.82, 2.24) is 0 Å². The minimum Gasteiger partial charge on any atom is -0.409 e. The Hall–Kier alpha value is -0.123. The molecule has 0 N–H and O–H groups in total. The molecule has 0 bridgehead atoms. The first-order valence-corrected chi connectivity index (χ1v) is 12.1. The molecule has 3 heteroatoms. The third-order valence-electron chi connectivity index (χ3n) is 6.15. The van der Waals surface area contributed by atoms with E-state index in [1.165, 1.54) is 25.7 Å². The summed E-state index contributed by atoms with van der Waals surface area (Å²) in [4.78, 5) is 0. The molecule has 0 amide bonds. The molecule has 1 heterocycles. The largest absolute Gasteiger partial charge is 0.409 e. The van der Waals surface area contributed by atoms with Crippen LogP contribution in [0.4, 0.5) is 0 Å². The number of ether oxygens (including phenoxy) is 1. The summed E-state index contributed by atoms with van der Waals surface area (Å²) in [6, 6.07) is 0. The Labute approximate surface area is 131 Å². The number of hydrogen-bond acceptors (Lipinski definition) is 2. The SMILES string of the molecule is C/C=C/[C@]1(C)[C@H](C)[C@H]2O[C@H]2[C@]2(O[Si](C)(C)C)CCCC[C@@H]12. The normalized spacial score (nSPS) is 49.8. The van der Waals surface area contributed by atoms with E-state index in [1.807, 2.05) is 0 Å². The summed E-state index contributed by atoms with van der Waals surface area (Å²) in [5.41, 5.74) is 0.209. The van der Waals surface area contributed by atoms with Crippen molar-refractivity contribution in [2.75, 3.05) is 0 Å². The van der Waals surface area contributed by atoms with E-state index in [-0.39, 0.29) is 11.0 Å². The molecule has 1 aliphatic heterocycles. The molecule has 0 aromatic carbocycles. The van der Waals surface area contributed by atoms with Crippen LogP contribution in [0.15, 0.2) is 12.2 Å². The van der Waals surface area contributed by atoms with Crippen molar-refractivity contribution in [1.29, 1.82) is 0 Å². The Kier molecular flexibility index (Phi) is 3.71. The minimum atomic E-state index is -1.59. The molecule has 2 saturated carbocycles. The molecule has 2 aliphatic carbocycles. The predicted octanol–water partition coefficient (Wildman–Crippen LogP) is 4.77. The van der Waals surface area contributed by atoms with Crippen LogP contribution in [0.2, 0.25) is 19.6 Å². The van der Waals surface area contributed by atoms with Crippen LogP contribution in [0.1, 0.15) is 46.5 Å². The van der Waals surface area contributed by atoms with Gasteiger partial charge in [0.1, 0.15) is 6.10 Å². The number of epoxide rings is 1. The molecule has 2 nitrogen and oxygen atoms in total. The lowest BCUT2D eigenvalue weighted by atomic mass is 9.52. The molecule has 3 aliphatic rings. The van der Waals surface area contributed by atoms with E-state index in [4.69, 9.17) is 9.16 Å². The molecule has 120 valence electrons. The maximum absolute atomic E-state index is 6.89. The average Bonchev–Trinajstić information content (AvgIpc) is 3.16. The smallest absolute Gasteiger partial charge is 0.184 e. The second-order valence-electron chi connectivity index (χ2n) is 8.64. The number of hydrogen-bond donors (Lipinski definition) is 0. The van der Waals surface area contributed by atoms with E-state index in [2.05, 4.69) is 52.6 Å². The van der Waals surface area contributed by atoms with Gasteiger partial charge < -0.3 is 9.16 Å². The molecular weight excluding hydrogens is 276 g/mol. The van der Waals surface area contributed by atoms with E-state index in [0.29, 0.717) is 24.0 Å². The van der Waals surface area contributed by atoms with Gasteiger partial charge in [0.2, 0.25) is 0 Å². The third kappa shape index (κ3) is 2.36. The van der Waals surface area contributed by atoms with Gasteiger partial charge in [-0.3, -0.25) is 0 Å². The molecule has 3 rings (SSSR count). The van der Waals surface area contributed by atoms with Crippen LogP contribution in [0, 0.1) is 17.3 Å². The van der Waals surface area contributed by atoms with Crippen molar-refractivity contribution in [3.05, 3.63) is 12.2 Å². The molecule has 0 aromatic heterocycles. The first kappa shape index (κ1) is 15.8. The standard InChI is InChI=1S/C18H32O2Si/c1-7-11-17(3)13(2)15-16(19-15)18(20-21(4,5)6)12-9-8-10-14(17)18/h7,11,13-16H,8-10,12H2,1-6H3/b11-7+/t13-,14+,15-,16-,17-,18+/m1/s1. The van der Waals surface area contributed by atoms with Gasteiger partial charge in [-0.25, -0.2) is 0 Å². The van der Waals surface area contributed by atoms with Gasteiger partial charge in [0.25, 0.3) is 0 Å². The van der Waals surface area contributed by atoms with E-state index in [0.717, 1.165) is 0 Å². The topological polar surface area (TPSA) is 21.8 Å². The van der Waals surface area contributed by atoms with Gasteiger partial charge in [-0.1, -0.05) is 38.8 Å². The second kappa shape index (κ2) is 4.94. The van der Waals surface area contributed by atoms with Crippen molar-refractivity contribution in [2.24, 2.45) is 17.3 Å². The van der Waals surface area contributed by atoms with Crippen LogP contribution in [0.25, 0.3) is 0 Å². The number of allylic oxidation sites excluding steroid dienone is 2. The molecule has 0 aromatic rings. The third-order valence-corrected chi connectivity index (χ3v) is 7.15. The lowest BCUT2D eigenvalue weighted by Gasteiger charge is -2.57. The fourth-order valence-electron chi connectivity index (χ4n) is 5.29. The molecule has 3 fully saturated rings. The fraction of sp³-hybridized carbons (Fsp3) is 0.889. The molecule has 1 saturated heterocycles. The van der Waals surface area contributed by atoms with Crippen molar-refractivity contribution < 1.29 is 9.16 Å². The number of fused-ring (bicyclic) bond motifs is 3. The van der Waals surface area contributed by atoms with Gasteiger partial charge in [-0.15, -0.1) is 0 Å². The summed E-state index contributed by atoms with van der Waals surface area (Å²) in [5.74, 6) is 1.21. The van der Waals surface area contributed by atoms with Gasteiger partial charge in [0.15, 0.2) is 8.32 Å². The van der Waals surface area contributed by atoms with Crippen LogP contribution in [-0.4, -0.2) is 26.1 Å². The first-order chi connectivity index (χ1) is 9.74. The Morgan fingerprint density at radius 3 is 2.57 bits per heavy atom. The van der Waals surface area contributed by atoms with E-state index in [9.17, 15) is 0 Å². The highest BCUT2D eigenvalue weighted by molar-refractivity contribution is 6.69. The minimum absolute atomic E-state index is 0.00579. The Morgan fingerprint density at radius 1 is 1.24 bits per heavy atom. The summed E-state index contributed by atoms with van der Waals surface area (Å²) < 4.78 is 13.1. The van der Waals surface area contributed by atoms with E-state index < -0.39 is 8.32 Å². The van der Waals surface area contributed by atoms with Crippen LogP contribution in [0.3, 0.4) is 0 Å². The quantitative estimate of drug-likeness (QED) is 0.426. The average molecular weight is 309 g/mol. The van der Waals surface area contributed by atoms with Gasteiger partial charge >= 0.3 is 0 Å². The zero-order valence-corrected chi connectivity index (χ0v) is 15.6. The monoisotopic (exact) mass is 308 g/mol. The van der Waals surface area contributed by atoms with Crippen LogP contribution in [-0.2, 0) is 9.16 Å². The van der Waals surface area contributed by atoms with Gasteiger partial charge in [0.05, 0.1) is 11.7 Å². The lowest BCUT2D eigenvalue weighted by Crippen LogP contribution is -2.62. The lowest BCUT2D eigenvalue weighted by molar-refractivity contribution is -0.110. The summed E-state index contributed by atoms with van der Waals surface area (Å²) in [5, 5.41) is 0. The highest BCUT2D eigenvalue weighted by Crippen LogP contribution is 2.64. The maximum Gasteiger partial charge on any atom is 0.184 e. The summed E-state index contributed by atoms with van der Waals surface area (Å²) in [6.07, 6.45) is 10.6. The van der Waals surface area contributed by atoms with Gasteiger partial charge in [-0.2, -0.15) is 0 Å². The Morgan fingerprint density at radius 2 is 1.95 bits per heavy atom. The summed E-state index contributed by atoms with van der Waals surface area (Å²) in [7, 11) is -1.59. The maximum atomic E-state index is 6.89. The van der Waals surface area contributed by atoms with Crippen molar-refractivity contribution >= 4 is 8.32 Å². The predicted molar refractivity (Wildman–Crippen MR) is 89.9 cm³/mol. The van der Waals surface area contributed by atoms with Crippen LogP contribution >= 0.6 is 0 Å². The summed E-state index contributed by atoms with van der Waals surface area (Å²) >= 11 is 0. The first-order valence-electron chi connectivity index (χ1n) is 8.74. The van der Waals surface area contributed by atoms with E-state index in [1.54, 1.807) is 0 Å². The molecule has 0 spiro atoms. The second-order valence-corrected chi connectivity index (χ2v) is 13.1. The Balaban J connectivity index is 2.03. The molecule has 6 atom stereocenters. The number of rotatable bonds is 3. The Bertz CT molecular complexity index is 441. The molecule has 21 heavy (non-hydrogen) atoms. The fourth-order valence-corrected chi connectivity index (χ4v) is 6.79. The zero-order chi connectivity index (χ0) is 15.5. The molecule has 0 radical (unpaired) electrons. The highest BCUT2D eigenvalue weighted by Gasteiger charge is 2.71. The van der Waals surface area contributed by atoms with Crippen LogP contribution < -0.4 is 0 Å². The molecule has 0 unspecified atom stereocenters. The van der Waals surface area contributed by atoms with Gasteiger partial charge in [0, 0.05) is 0 Å². The van der Waals surface area contributed by atoms with Crippen molar-refractivity contribution in [2.45, 2.75) is 83.9 Å². The zero-order valence-electron chi connectivity index (χ0n) is 14.6. The van der Waals surface area contributed by atoms with Gasteiger partial charge in [-0.05, 0) is 56.7 Å². The van der Waals surface area contributed by atoms with E-state index >= 15 is 0 Å². The highest BCUT2D eigenvalue weighted by atomic mass is 28.4. The van der Waals surface area contributed by atoms with Crippen molar-refractivity contribution in [3.63, 3.8) is 0 Å². The summed E-state index contributed by atoms with van der Waals surface area (Å²) in [6.45, 7) is 14.0. The van der Waals surface area contributed by atoms with Crippen LogP contribution in [0.5, 0.6) is 0 Å². The molecular formula is C18H32O2Si.